The lowest BCUT2D eigenvalue weighted by Gasteiger charge is -2.39. The second-order valence-corrected chi connectivity index (χ2v) is 4.61. The summed E-state index contributed by atoms with van der Waals surface area (Å²) in [4.78, 5) is 2.64. The zero-order valence-corrected chi connectivity index (χ0v) is 9.84. The molecule has 0 amide bonds. The van der Waals surface area contributed by atoms with Crippen LogP contribution < -0.4 is 5.73 Å². The number of likely N-dealkylation sites (tertiary alicyclic amines) is 1. The van der Waals surface area contributed by atoms with Crippen LogP contribution in [-0.2, 0) is 0 Å². The normalized spacial score (nSPS) is 26.4. The second kappa shape index (κ2) is 6.41. The fraction of sp³-hybridized carbons (Fsp3) is 1.00. The quantitative estimate of drug-likeness (QED) is 0.735. The molecule has 14 heavy (non-hydrogen) atoms. The van der Waals surface area contributed by atoms with Crippen molar-refractivity contribution in [2.24, 2.45) is 5.73 Å². The van der Waals surface area contributed by atoms with Gasteiger partial charge in [0.25, 0.3) is 0 Å². The Morgan fingerprint density at radius 2 is 2.21 bits per heavy atom. The summed E-state index contributed by atoms with van der Waals surface area (Å²) in [5.74, 6) is 0. The summed E-state index contributed by atoms with van der Waals surface area (Å²) in [6, 6.07) is 1.40. The highest BCUT2D eigenvalue weighted by Gasteiger charge is 2.24. The van der Waals surface area contributed by atoms with Gasteiger partial charge in [0.05, 0.1) is 0 Å². The van der Waals surface area contributed by atoms with Gasteiger partial charge in [0.1, 0.15) is 0 Å². The molecule has 0 aliphatic carbocycles. The van der Waals surface area contributed by atoms with E-state index in [9.17, 15) is 0 Å². The first-order valence-electron chi connectivity index (χ1n) is 6.25. The van der Waals surface area contributed by atoms with Gasteiger partial charge in [-0.15, -0.1) is 0 Å². The van der Waals surface area contributed by atoms with Gasteiger partial charge in [-0.25, -0.2) is 0 Å². The molecule has 0 aromatic rings. The fourth-order valence-electron chi connectivity index (χ4n) is 2.52. The van der Waals surface area contributed by atoms with E-state index < -0.39 is 0 Å². The highest BCUT2D eigenvalue weighted by molar-refractivity contribution is 4.80. The molecule has 0 spiro atoms. The maximum atomic E-state index is 5.86. The SMILES string of the molecule is CCCCC(CN)N1CCCCC1C. The van der Waals surface area contributed by atoms with Gasteiger partial charge in [-0.3, -0.25) is 4.90 Å². The molecule has 2 unspecified atom stereocenters. The monoisotopic (exact) mass is 198 g/mol. The lowest BCUT2D eigenvalue weighted by molar-refractivity contribution is 0.102. The summed E-state index contributed by atoms with van der Waals surface area (Å²) >= 11 is 0. The zero-order valence-electron chi connectivity index (χ0n) is 9.84. The standard InChI is InChI=1S/C12H26N2/c1-3-4-8-12(10-13)14-9-6-5-7-11(14)2/h11-12H,3-10,13H2,1-2H3. The molecule has 1 aliphatic rings. The summed E-state index contributed by atoms with van der Waals surface area (Å²) in [7, 11) is 0. The molecule has 1 rings (SSSR count). The molecule has 2 nitrogen and oxygen atoms in total. The Balaban J connectivity index is 2.40. The van der Waals surface area contributed by atoms with Crippen LogP contribution in [0.5, 0.6) is 0 Å². The summed E-state index contributed by atoms with van der Waals surface area (Å²) < 4.78 is 0. The first kappa shape index (κ1) is 12.0. The third kappa shape index (κ3) is 3.25. The van der Waals surface area contributed by atoms with Crippen molar-refractivity contribution in [3.63, 3.8) is 0 Å². The number of hydrogen-bond acceptors (Lipinski definition) is 2. The highest BCUT2D eigenvalue weighted by atomic mass is 15.2. The molecule has 84 valence electrons. The van der Waals surface area contributed by atoms with Gasteiger partial charge < -0.3 is 5.73 Å². The van der Waals surface area contributed by atoms with Gasteiger partial charge in [-0.05, 0) is 32.7 Å². The van der Waals surface area contributed by atoms with Crippen molar-refractivity contribution in [1.29, 1.82) is 0 Å². The predicted octanol–water partition coefficient (Wildman–Crippen LogP) is 2.38. The molecule has 0 aromatic carbocycles. The molecule has 1 fully saturated rings. The van der Waals surface area contributed by atoms with Crippen molar-refractivity contribution in [1.82, 2.24) is 4.90 Å². The van der Waals surface area contributed by atoms with Gasteiger partial charge in [0, 0.05) is 18.6 Å². The number of hydrogen-bond donors (Lipinski definition) is 1. The second-order valence-electron chi connectivity index (χ2n) is 4.61. The van der Waals surface area contributed by atoms with E-state index in [-0.39, 0.29) is 0 Å². The number of rotatable bonds is 5. The fourth-order valence-corrected chi connectivity index (χ4v) is 2.52. The lowest BCUT2D eigenvalue weighted by atomic mass is 9.98. The van der Waals surface area contributed by atoms with Gasteiger partial charge in [-0.2, -0.15) is 0 Å². The summed E-state index contributed by atoms with van der Waals surface area (Å²) in [5, 5.41) is 0. The van der Waals surface area contributed by atoms with Gasteiger partial charge in [0.2, 0.25) is 0 Å². The third-order valence-corrected chi connectivity index (χ3v) is 3.49. The molecule has 0 bridgehead atoms. The van der Waals surface area contributed by atoms with E-state index in [0.717, 1.165) is 12.6 Å². The van der Waals surface area contributed by atoms with E-state index >= 15 is 0 Å². The molecular weight excluding hydrogens is 172 g/mol. The molecular formula is C12H26N2. The first-order valence-corrected chi connectivity index (χ1v) is 6.25. The topological polar surface area (TPSA) is 29.3 Å². The maximum Gasteiger partial charge on any atom is 0.0221 e. The number of nitrogens with two attached hydrogens (primary N) is 1. The van der Waals surface area contributed by atoms with Crippen LogP contribution in [0, 0.1) is 0 Å². The van der Waals surface area contributed by atoms with Crippen molar-refractivity contribution >= 4 is 0 Å². The van der Waals surface area contributed by atoms with Crippen LogP contribution in [0.3, 0.4) is 0 Å². The van der Waals surface area contributed by atoms with E-state index in [1.165, 1.54) is 45.1 Å². The Morgan fingerprint density at radius 1 is 1.43 bits per heavy atom. The third-order valence-electron chi connectivity index (χ3n) is 3.49. The van der Waals surface area contributed by atoms with Crippen molar-refractivity contribution in [2.45, 2.75) is 64.5 Å². The van der Waals surface area contributed by atoms with Gasteiger partial charge in [0.15, 0.2) is 0 Å². The molecule has 2 heteroatoms. The Labute approximate surface area is 88.8 Å². The number of nitrogens with zero attached hydrogens (tertiary/aromatic N) is 1. The van der Waals surface area contributed by atoms with Crippen LogP contribution in [0.1, 0.15) is 52.4 Å². The molecule has 0 saturated carbocycles. The Bertz CT molecular complexity index is 147. The number of piperidine rings is 1. The molecule has 2 atom stereocenters. The van der Waals surface area contributed by atoms with Gasteiger partial charge >= 0.3 is 0 Å². The van der Waals surface area contributed by atoms with E-state index in [4.69, 9.17) is 5.73 Å². The van der Waals surface area contributed by atoms with E-state index in [0.29, 0.717) is 6.04 Å². The van der Waals surface area contributed by atoms with Gasteiger partial charge in [-0.1, -0.05) is 26.2 Å². The van der Waals surface area contributed by atoms with Crippen LogP contribution in [-0.4, -0.2) is 30.1 Å². The summed E-state index contributed by atoms with van der Waals surface area (Å²) in [6.07, 6.45) is 8.04. The van der Waals surface area contributed by atoms with Crippen LogP contribution >= 0.6 is 0 Å². The minimum absolute atomic E-state index is 0.644. The Morgan fingerprint density at radius 3 is 2.79 bits per heavy atom. The predicted molar refractivity (Wildman–Crippen MR) is 62.4 cm³/mol. The highest BCUT2D eigenvalue weighted by Crippen LogP contribution is 2.21. The molecule has 2 N–H and O–H groups in total. The van der Waals surface area contributed by atoms with E-state index in [1.807, 2.05) is 0 Å². The minimum atomic E-state index is 0.644. The van der Waals surface area contributed by atoms with E-state index in [1.54, 1.807) is 0 Å². The van der Waals surface area contributed by atoms with Crippen LogP contribution in [0.15, 0.2) is 0 Å². The molecule has 1 heterocycles. The van der Waals surface area contributed by atoms with E-state index in [2.05, 4.69) is 18.7 Å². The van der Waals surface area contributed by atoms with Crippen molar-refractivity contribution in [3.05, 3.63) is 0 Å². The lowest BCUT2D eigenvalue weighted by Crippen LogP contribution is -2.48. The van der Waals surface area contributed by atoms with Crippen LogP contribution in [0.25, 0.3) is 0 Å². The zero-order chi connectivity index (χ0) is 10.4. The average molecular weight is 198 g/mol. The van der Waals surface area contributed by atoms with Crippen molar-refractivity contribution in [3.8, 4) is 0 Å². The Hall–Kier alpha value is -0.0800. The smallest absolute Gasteiger partial charge is 0.0221 e. The maximum absolute atomic E-state index is 5.86. The molecule has 0 radical (unpaired) electrons. The van der Waals surface area contributed by atoms with Crippen molar-refractivity contribution < 1.29 is 0 Å². The first-order chi connectivity index (χ1) is 6.79. The minimum Gasteiger partial charge on any atom is -0.329 e. The van der Waals surface area contributed by atoms with Crippen LogP contribution in [0.2, 0.25) is 0 Å². The molecule has 1 saturated heterocycles. The molecule has 1 aliphatic heterocycles. The average Bonchev–Trinajstić information content (AvgIpc) is 2.21. The van der Waals surface area contributed by atoms with Crippen molar-refractivity contribution in [2.75, 3.05) is 13.1 Å². The summed E-state index contributed by atoms with van der Waals surface area (Å²) in [6.45, 7) is 6.72. The summed E-state index contributed by atoms with van der Waals surface area (Å²) in [5.41, 5.74) is 5.86. The molecule has 0 aromatic heterocycles. The number of unbranched alkanes of at least 4 members (excludes halogenated alkanes) is 1. The van der Waals surface area contributed by atoms with Crippen LogP contribution in [0.4, 0.5) is 0 Å². The Kier molecular flexibility index (Phi) is 5.49. The largest absolute Gasteiger partial charge is 0.329 e.